The second-order valence-corrected chi connectivity index (χ2v) is 10.3. The summed E-state index contributed by atoms with van der Waals surface area (Å²) in [7, 11) is 1.91. The normalized spacial score (nSPS) is 11.3. The minimum atomic E-state index is -3.39. The van der Waals surface area contributed by atoms with Gasteiger partial charge in [0, 0.05) is 24.7 Å². The fourth-order valence-corrected chi connectivity index (χ4v) is 4.31. The Balaban J connectivity index is 1.57. The Bertz CT molecular complexity index is 1170. The number of rotatable bonds is 13. The number of nitrogens with one attached hydrogen (secondary N) is 2. The van der Waals surface area contributed by atoms with Crippen molar-refractivity contribution in [2.75, 3.05) is 57.3 Å². The van der Waals surface area contributed by atoms with Crippen LogP contribution in [0.3, 0.4) is 0 Å². The highest BCUT2D eigenvalue weighted by molar-refractivity contribution is 7.92. The van der Waals surface area contributed by atoms with Crippen molar-refractivity contribution in [2.45, 2.75) is 6.42 Å². The highest BCUT2D eigenvalue weighted by atomic mass is 32.2. The third-order valence-electron chi connectivity index (χ3n) is 4.92. The molecule has 0 saturated carbocycles. The molecule has 0 aliphatic heterocycles. The molecular weight excluding hydrogens is 476 g/mol. The van der Waals surface area contributed by atoms with Gasteiger partial charge in [0.05, 0.1) is 31.9 Å². The van der Waals surface area contributed by atoms with Gasteiger partial charge in [0.15, 0.2) is 16.6 Å². The van der Waals surface area contributed by atoms with Crippen molar-refractivity contribution in [2.24, 2.45) is 0 Å². The molecule has 184 valence electrons. The molecule has 0 fully saturated rings. The first-order chi connectivity index (χ1) is 16.3. The Kier molecular flexibility index (Phi) is 8.97. The van der Waals surface area contributed by atoms with Crippen LogP contribution in [0.1, 0.15) is 5.56 Å². The first-order valence-electron chi connectivity index (χ1n) is 10.6. The SMILES string of the molecule is COc1ccc(CCN(C)CCOc2ccc(NS(C)(=O)=O)cc2Nc2nccs2)cc1OC. The van der Waals surface area contributed by atoms with Crippen LogP contribution in [0.4, 0.5) is 16.5 Å². The summed E-state index contributed by atoms with van der Waals surface area (Å²) in [6.45, 7) is 2.03. The number of sulfonamides is 1. The molecule has 0 atom stereocenters. The van der Waals surface area contributed by atoms with Gasteiger partial charge in [-0.2, -0.15) is 0 Å². The number of hydrogen-bond donors (Lipinski definition) is 2. The first-order valence-corrected chi connectivity index (χ1v) is 13.3. The summed E-state index contributed by atoms with van der Waals surface area (Å²) in [5, 5.41) is 5.74. The van der Waals surface area contributed by atoms with Gasteiger partial charge in [-0.05, 0) is 49.4 Å². The van der Waals surface area contributed by atoms with E-state index in [9.17, 15) is 8.42 Å². The van der Waals surface area contributed by atoms with E-state index in [2.05, 4.69) is 19.9 Å². The summed E-state index contributed by atoms with van der Waals surface area (Å²) in [4.78, 5) is 6.41. The molecular formula is C23H30N4O5S2. The van der Waals surface area contributed by atoms with E-state index in [1.165, 1.54) is 11.3 Å². The molecule has 0 spiro atoms. The van der Waals surface area contributed by atoms with E-state index in [1.54, 1.807) is 38.6 Å². The van der Waals surface area contributed by atoms with Crippen LogP contribution in [-0.2, 0) is 16.4 Å². The highest BCUT2D eigenvalue weighted by Gasteiger charge is 2.11. The highest BCUT2D eigenvalue weighted by Crippen LogP contribution is 2.32. The lowest BCUT2D eigenvalue weighted by Crippen LogP contribution is -2.26. The standard InChI is InChI=1S/C23H30N4O5S2/c1-27(11-9-17-5-7-21(30-2)22(15-17)31-3)12-13-32-20-8-6-18(26-34(4,28)29)16-19(20)25-23-24-10-14-33-23/h5-8,10,14-16,26H,9,11-13H2,1-4H3,(H,24,25). The van der Waals surface area contributed by atoms with Gasteiger partial charge in [0.1, 0.15) is 12.4 Å². The van der Waals surface area contributed by atoms with Gasteiger partial charge >= 0.3 is 0 Å². The number of benzene rings is 2. The molecule has 0 radical (unpaired) electrons. The Morgan fingerprint density at radius 2 is 1.79 bits per heavy atom. The molecule has 2 aromatic carbocycles. The van der Waals surface area contributed by atoms with E-state index in [0.717, 1.165) is 30.5 Å². The van der Waals surface area contributed by atoms with E-state index < -0.39 is 10.0 Å². The lowest BCUT2D eigenvalue weighted by molar-refractivity contribution is 0.239. The van der Waals surface area contributed by atoms with Crippen molar-refractivity contribution in [3.63, 3.8) is 0 Å². The van der Waals surface area contributed by atoms with Gasteiger partial charge in [0.25, 0.3) is 0 Å². The minimum Gasteiger partial charge on any atom is -0.493 e. The van der Waals surface area contributed by atoms with E-state index in [4.69, 9.17) is 14.2 Å². The third kappa shape index (κ3) is 7.79. The van der Waals surface area contributed by atoms with Crippen molar-refractivity contribution in [3.05, 3.63) is 53.5 Å². The van der Waals surface area contributed by atoms with E-state index in [-0.39, 0.29) is 0 Å². The molecule has 9 nitrogen and oxygen atoms in total. The summed E-state index contributed by atoms with van der Waals surface area (Å²) in [5.41, 5.74) is 2.24. The number of thiazole rings is 1. The number of aromatic nitrogens is 1. The van der Waals surface area contributed by atoms with Crippen molar-refractivity contribution in [3.8, 4) is 17.2 Å². The van der Waals surface area contributed by atoms with Gasteiger partial charge in [-0.15, -0.1) is 11.3 Å². The summed E-state index contributed by atoms with van der Waals surface area (Å²) in [5.74, 6) is 2.05. The monoisotopic (exact) mass is 506 g/mol. The zero-order valence-corrected chi connectivity index (χ0v) is 21.3. The predicted molar refractivity (Wildman–Crippen MR) is 137 cm³/mol. The van der Waals surface area contributed by atoms with Crippen LogP contribution >= 0.6 is 11.3 Å². The Morgan fingerprint density at radius 1 is 1.03 bits per heavy atom. The summed E-state index contributed by atoms with van der Waals surface area (Å²) >= 11 is 1.44. The Hall–Kier alpha value is -3.02. The summed E-state index contributed by atoms with van der Waals surface area (Å²) < 4.78 is 42.4. The molecule has 2 N–H and O–H groups in total. The number of nitrogens with zero attached hydrogens (tertiary/aromatic N) is 2. The maximum atomic E-state index is 11.6. The number of likely N-dealkylation sites (N-methyl/N-ethyl adjacent to an activating group) is 1. The van der Waals surface area contributed by atoms with Crippen LogP contribution in [0.5, 0.6) is 17.2 Å². The molecule has 1 heterocycles. The molecule has 34 heavy (non-hydrogen) atoms. The summed E-state index contributed by atoms with van der Waals surface area (Å²) in [6.07, 6.45) is 3.67. The van der Waals surface area contributed by atoms with Crippen molar-refractivity contribution < 1.29 is 22.6 Å². The van der Waals surface area contributed by atoms with Gasteiger partial charge in [-0.3, -0.25) is 4.72 Å². The van der Waals surface area contributed by atoms with Crippen molar-refractivity contribution in [1.82, 2.24) is 9.88 Å². The van der Waals surface area contributed by atoms with Gasteiger partial charge in [0.2, 0.25) is 10.0 Å². The van der Waals surface area contributed by atoms with Crippen LogP contribution in [0.25, 0.3) is 0 Å². The molecule has 0 amide bonds. The molecule has 0 aliphatic rings. The molecule has 1 aromatic heterocycles. The molecule has 11 heteroatoms. The molecule has 3 aromatic rings. The molecule has 0 unspecified atom stereocenters. The van der Waals surface area contributed by atoms with Gasteiger partial charge < -0.3 is 24.4 Å². The number of hydrogen-bond acceptors (Lipinski definition) is 9. The average molecular weight is 507 g/mol. The summed E-state index contributed by atoms with van der Waals surface area (Å²) in [6, 6.07) is 11.0. The predicted octanol–water partition coefficient (Wildman–Crippen LogP) is 3.83. The Labute approximate surface area is 204 Å². The molecule has 0 aliphatic carbocycles. The van der Waals surface area contributed by atoms with E-state index in [0.29, 0.717) is 41.2 Å². The number of ether oxygens (including phenoxy) is 3. The molecule has 3 rings (SSSR count). The van der Waals surface area contributed by atoms with E-state index in [1.807, 2.05) is 30.6 Å². The number of methoxy groups -OCH3 is 2. The van der Waals surface area contributed by atoms with Crippen LogP contribution < -0.4 is 24.2 Å². The van der Waals surface area contributed by atoms with Crippen molar-refractivity contribution in [1.29, 1.82) is 0 Å². The second kappa shape index (κ2) is 11.9. The third-order valence-corrected chi connectivity index (χ3v) is 6.21. The van der Waals surface area contributed by atoms with Crippen LogP contribution in [-0.4, -0.2) is 65.5 Å². The van der Waals surface area contributed by atoms with Crippen LogP contribution in [0, 0.1) is 0 Å². The second-order valence-electron chi connectivity index (χ2n) is 7.64. The zero-order chi connectivity index (χ0) is 24.6. The maximum absolute atomic E-state index is 11.6. The Morgan fingerprint density at radius 3 is 2.47 bits per heavy atom. The molecule has 0 saturated heterocycles. The van der Waals surface area contributed by atoms with E-state index >= 15 is 0 Å². The zero-order valence-electron chi connectivity index (χ0n) is 19.7. The molecule has 0 bridgehead atoms. The van der Waals surface area contributed by atoms with Gasteiger partial charge in [-0.1, -0.05) is 6.07 Å². The first kappa shape index (κ1) is 25.6. The van der Waals surface area contributed by atoms with Crippen LogP contribution in [0.15, 0.2) is 48.0 Å². The minimum absolute atomic E-state index is 0.445. The van der Waals surface area contributed by atoms with Crippen molar-refractivity contribution >= 4 is 37.9 Å². The lowest BCUT2D eigenvalue weighted by atomic mass is 10.1. The van der Waals surface area contributed by atoms with Gasteiger partial charge in [-0.25, -0.2) is 13.4 Å². The quantitative estimate of drug-likeness (QED) is 0.361. The van der Waals surface area contributed by atoms with Crippen LogP contribution in [0.2, 0.25) is 0 Å². The smallest absolute Gasteiger partial charge is 0.229 e. The average Bonchev–Trinajstić information content (AvgIpc) is 3.31. The fourth-order valence-electron chi connectivity index (χ4n) is 3.21. The fraction of sp³-hybridized carbons (Fsp3) is 0.348. The lowest BCUT2D eigenvalue weighted by Gasteiger charge is -2.19. The maximum Gasteiger partial charge on any atom is 0.229 e. The topological polar surface area (TPSA) is 102 Å². The number of anilines is 3. The largest absolute Gasteiger partial charge is 0.493 e.